The summed E-state index contributed by atoms with van der Waals surface area (Å²) in [5.74, 6) is -6.45. The maximum Gasteiger partial charge on any atom is 0.366 e. The summed E-state index contributed by atoms with van der Waals surface area (Å²) in [4.78, 5) is 72.2. The van der Waals surface area contributed by atoms with E-state index in [0.717, 1.165) is 41.9 Å². The predicted molar refractivity (Wildman–Crippen MR) is 116 cm³/mol. The molecule has 2 amide bonds. The highest BCUT2D eigenvalue weighted by Crippen LogP contribution is 2.36. The highest BCUT2D eigenvalue weighted by Gasteiger charge is 2.59. The molecule has 1 aliphatic rings. The molecule has 0 aromatic heterocycles. The third kappa shape index (κ3) is 8.34. The zero-order valence-corrected chi connectivity index (χ0v) is 21.1. The van der Waals surface area contributed by atoms with Crippen molar-refractivity contribution in [3.63, 3.8) is 0 Å². The van der Waals surface area contributed by atoms with E-state index >= 15 is 0 Å². The Kier molecular flexibility index (Phi) is 11.5. The van der Waals surface area contributed by atoms with Crippen LogP contribution in [0.15, 0.2) is 0 Å². The summed E-state index contributed by atoms with van der Waals surface area (Å²) >= 11 is 0. The maximum absolute atomic E-state index is 12.7. The normalized spacial score (nSPS) is 24.8. The number of rotatable bonds is 10. The van der Waals surface area contributed by atoms with Crippen molar-refractivity contribution < 1.29 is 61.9 Å². The molecule has 1 heterocycles. The molecule has 1 saturated heterocycles. The lowest BCUT2D eigenvalue weighted by Crippen LogP contribution is -2.69. The van der Waals surface area contributed by atoms with E-state index in [0.29, 0.717) is 0 Å². The van der Waals surface area contributed by atoms with Gasteiger partial charge in [-0.05, 0) is 0 Å². The molecule has 0 aromatic rings. The van der Waals surface area contributed by atoms with Crippen molar-refractivity contribution in [1.82, 2.24) is 10.6 Å². The number of carbonyl (C=O) groups excluding carboxylic acids is 6. The third-order valence-corrected chi connectivity index (χ3v) is 4.98. The van der Waals surface area contributed by atoms with E-state index in [2.05, 4.69) is 10.6 Å². The van der Waals surface area contributed by atoms with Gasteiger partial charge in [0.2, 0.25) is 0 Å². The van der Waals surface area contributed by atoms with Crippen molar-refractivity contribution in [3.05, 3.63) is 0 Å². The molecule has 1 fully saturated rings. The van der Waals surface area contributed by atoms with Crippen LogP contribution in [-0.4, -0.2) is 100.0 Å². The second-order valence-electron chi connectivity index (χ2n) is 7.66. The van der Waals surface area contributed by atoms with Crippen molar-refractivity contribution in [2.45, 2.75) is 70.4 Å². The molecule has 36 heavy (non-hydrogen) atoms. The van der Waals surface area contributed by atoms with Gasteiger partial charge in [-0.1, -0.05) is 0 Å². The highest BCUT2D eigenvalue weighted by atomic mass is 16.7. The van der Waals surface area contributed by atoms with Crippen LogP contribution in [0.1, 0.15) is 34.1 Å². The maximum atomic E-state index is 12.7. The zero-order chi connectivity index (χ0) is 27.6. The summed E-state index contributed by atoms with van der Waals surface area (Å²) in [6, 6.07) is -2.04. The first-order chi connectivity index (χ1) is 16.8. The van der Waals surface area contributed by atoms with Gasteiger partial charge in [0.15, 0.2) is 12.2 Å². The quantitative estimate of drug-likeness (QED) is 0.262. The minimum Gasteiger partial charge on any atom is -0.465 e. The molecule has 0 aliphatic carbocycles. The van der Waals surface area contributed by atoms with Crippen LogP contribution in [0.3, 0.4) is 0 Å². The first-order valence-corrected chi connectivity index (χ1v) is 10.7. The first kappa shape index (κ1) is 30.6. The first-order valence-electron chi connectivity index (χ1n) is 10.7. The Labute approximate surface area is 207 Å². The standard InChI is InChI=1S/C21H32N2O13/c1-10(24)32-9-15(34-12(3)26)17(35-13(4)27)18-16(23-20(29)22-5)14(33-11(2)25)8-21(31-7,36-18)19(28)30-6/h14-18H,8-9H2,1-7H3,(H2,22,23,29)/t14-,15+,16+,17+,18+,21+/m0/s1. The van der Waals surface area contributed by atoms with Gasteiger partial charge in [0, 0.05) is 41.9 Å². The van der Waals surface area contributed by atoms with Gasteiger partial charge in [-0.2, -0.15) is 0 Å². The van der Waals surface area contributed by atoms with Crippen molar-refractivity contribution >= 4 is 35.9 Å². The number of urea groups is 1. The van der Waals surface area contributed by atoms with Crippen molar-refractivity contribution in [1.29, 1.82) is 0 Å². The van der Waals surface area contributed by atoms with E-state index in [1.807, 2.05) is 0 Å². The summed E-state index contributed by atoms with van der Waals surface area (Å²) < 4.78 is 37.0. The SMILES string of the molecule is CNC(=O)N[C@H]1[C@H]([C@H](OC(C)=O)[C@@H](COC(C)=O)OC(C)=O)O[C@@](OC)(C(=O)OC)C[C@@H]1OC(C)=O. The van der Waals surface area contributed by atoms with E-state index in [9.17, 15) is 28.8 Å². The minimum absolute atomic E-state index is 0.435. The molecule has 204 valence electrons. The Morgan fingerprint density at radius 1 is 0.944 bits per heavy atom. The lowest BCUT2D eigenvalue weighted by atomic mass is 9.88. The molecule has 0 unspecified atom stereocenters. The number of carbonyl (C=O) groups is 6. The van der Waals surface area contributed by atoms with Gasteiger partial charge >= 0.3 is 35.9 Å². The van der Waals surface area contributed by atoms with Crippen molar-refractivity contribution in [3.8, 4) is 0 Å². The molecular formula is C21H32N2O13. The molecule has 0 radical (unpaired) electrons. The van der Waals surface area contributed by atoms with E-state index in [4.69, 9.17) is 33.2 Å². The fourth-order valence-electron chi connectivity index (χ4n) is 3.60. The van der Waals surface area contributed by atoms with E-state index in [1.54, 1.807) is 0 Å². The monoisotopic (exact) mass is 520 g/mol. The topological polar surface area (TPSA) is 191 Å². The van der Waals surface area contributed by atoms with Crippen LogP contribution in [0.4, 0.5) is 4.79 Å². The Balaban J connectivity index is 3.75. The fourth-order valence-corrected chi connectivity index (χ4v) is 3.60. The predicted octanol–water partition coefficient (Wildman–Crippen LogP) is -1.05. The summed E-state index contributed by atoms with van der Waals surface area (Å²) in [7, 11) is 3.49. The van der Waals surface area contributed by atoms with Crippen LogP contribution in [-0.2, 0) is 57.1 Å². The molecule has 15 heteroatoms. The molecular weight excluding hydrogens is 488 g/mol. The lowest BCUT2D eigenvalue weighted by molar-refractivity contribution is -0.307. The van der Waals surface area contributed by atoms with Gasteiger partial charge < -0.3 is 43.8 Å². The summed E-state index contributed by atoms with van der Waals surface area (Å²) in [5, 5.41) is 4.85. The van der Waals surface area contributed by atoms with E-state index in [-0.39, 0.29) is 0 Å². The Hall–Kier alpha value is -3.46. The fraction of sp³-hybridized carbons (Fsp3) is 0.714. The Bertz CT molecular complexity index is 848. The van der Waals surface area contributed by atoms with Crippen LogP contribution in [0.25, 0.3) is 0 Å². The van der Waals surface area contributed by atoms with Crippen LogP contribution in [0.2, 0.25) is 0 Å². The summed E-state index contributed by atoms with van der Waals surface area (Å²) in [6.45, 7) is 3.71. The Morgan fingerprint density at radius 3 is 2.00 bits per heavy atom. The van der Waals surface area contributed by atoms with Crippen molar-refractivity contribution in [2.24, 2.45) is 0 Å². The number of esters is 5. The number of methoxy groups -OCH3 is 2. The smallest absolute Gasteiger partial charge is 0.366 e. The molecule has 0 spiro atoms. The van der Waals surface area contributed by atoms with Gasteiger partial charge in [0.1, 0.15) is 18.8 Å². The van der Waals surface area contributed by atoms with Gasteiger partial charge in [0.05, 0.1) is 19.6 Å². The van der Waals surface area contributed by atoms with Gasteiger partial charge in [-0.15, -0.1) is 0 Å². The molecule has 2 N–H and O–H groups in total. The zero-order valence-electron chi connectivity index (χ0n) is 21.1. The van der Waals surface area contributed by atoms with E-state index < -0.39 is 85.2 Å². The van der Waals surface area contributed by atoms with Crippen LogP contribution in [0.5, 0.6) is 0 Å². The highest BCUT2D eigenvalue weighted by molar-refractivity contribution is 5.79. The number of hydrogen-bond donors (Lipinski definition) is 2. The number of nitrogens with one attached hydrogen (secondary N) is 2. The number of amides is 2. The lowest BCUT2D eigenvalue weighted by Gasteiger charge is -2.48. The number of ether oxygens (including phenoxy) is 7. The summed E-state index contributed by atoms with van der Waals surface area (Å²) in [5.41, 5.74) is 0. The number of hydrogen-bond acceptors (Lipinski definition) is 13. The molecule has 1 aliphatic heterocycles. The molecule has 6 atom stereocenters. The summed E-state index contributed by atoms with van der Waals surface area (Å²) in [6.07, 6.45) is -6.37. The average Bonchev–Trinajstić information content (AvgIpc) is 2.79. The second-order valence-corrected chi connectivity index (χ2v) is 7.66. The van der Waals surface area contributed by atoms with E-state index in [1.165, 1.54) is 7.05 Å². The second kappa shape index (κ2) is 13.6. The van der Waals surface area contributed by atoms with Gasteiger partial charge in [-0.3, -0.25) is 19.2 Å². The van der Waals surface area contributed by atoms with Crippen LogP contribution >= 0.6 is 0 Å². The molecule has 15 nitrogen and oxygen atoms in total. The van der Waals surface area contributed by atoms with Gasteiger partial charge in [-0.25, -0.2) is 9.59 Å². The Morgan fingerprint density at radius 2 is 1.56 bits per heavy atom. The molecule has 0 bridgehead atoms. The average molecular weight is 520 g/mol. The molecule has 1 rings (SSSR count). The molecule has 0 saturated carbocycles. The third-order valence-electron chi connectivity index (χ3n) is 4.98. The van der Waals surface area contributed by atoms with Crippen LogP contribution < -0.4 is 10.6 Å². The van der Waals surface area contributed by atoms with Crippen LogP contribution in [0, 0.1) is 0 Å². The van der Waals surface area contributed by atoms with Gasteiger partial charge in [0.25, 0.3) is 5.79 Å². The van der Waals surface area contributed by atoms with Crippen molar-refractivity contribution in [2.75, 3.05) is 27.9 Å². The minimum atomic E-state index is -2.19. The molecule has 0 aromatic carbocycles. The largest absolute Gasteiger partial charge is 0.465 e.